The van der Waals surface area contributed by atoms with Crippen molar-refractivity contribution in [2.75, 3.05) is 31.8 Å². The number of esters is 2. The fourth-order valence-electron chi connectivity index (χ4n) is 5.09. The Morgan fingerprint density at radius 1 is 1.17 bits per heavy atom. The summed E-state index contributed by atoms with van der Waals surface area (Å²) in [5.41, 5.74) is 1.50. The number of thioether (sulfide) groups is 1. The molecule has 41 heavy (non-hydrogen) atoms. The van der Waals surface area contributed by atoms with Crippen molar-refractivity contribution in [2.24, 2.45) is 17.3 Å². The van der Waals surface area contributed by atoms with E-state index < -0.39 is 17.6 Å². The van der Waals surface area contributed by atoms with Crippen LogP contribution in [0.5, 0.6) is 0 Å². The number of benzene rings is 1. The number of carbonyl (C=O) groups is 3. The SMILES string of the molecule is CCCC(C)(C)C(=O)OCCOC(=O)CCCSCCC1C(=O)CC(O)C1C=CC(O)Cc1cccc(COC)c1. The maximum atomic E-state index is 12.5. The summed E-state index contributed by atoms with van der Waals surface area (Å²) in [6, 6.07) is 7.87. The molecule has 1 fully saturated rings. The zero-order valence-electron chi connectivity index (χ0n) is 25.0. The van der Waals surface area contributed by atoms with Crippen LogP contribution in [0.2, 0.25) is 0 Å². The van der Waals surface area contributed by atoms with Gasteiger partial charge in [-0.15, -0.1) is 0 Å². The highest BCUT2D eigenvalue weighted by Crippen LogP contribution is 2.34. The largest absolute Gasteiger partial charge is 0.462 e. The van der Waals surface area contributed by atoms with E-state index in [0.29, 0.717) is 25.9 Å². The van der Waals surface area contributed by atoms with Gasteiger partial charge in [-0.25, -0.2) is 0 Å². The molecule has 2 rings (SSSR count). The second-order valence-corrected chi connectivity index (χ2v) is 12.6. The lowest BCUT2D eigenvalue weighted by Gasteiger charge is -2.21. The van der Waals surface area contributed by atoms with Crippen LogP contribution in [0.4, 0.5) is 0 Å². The van der Waals surface area contributed by atoms with Crippen molar-refractivity contribution in [3.63, 3.8) is 0 Å². The maximum absolute atomic E-state index is 12.5. The minimum atomic E-state index is -0.738. The first-order valence-electron chi connectivity index (χ1n) is 14.6. The molecule has 1 aromatic rings. The maximum Gasteiger partial charge on any atom is 0.311 e. The van der Waals surface area contributed by atoms with E-state index in [-0.39, 0.29) is 55.6 Å². The lowest BCUT2D eigenvalue weighted by molar-refractivity contribution is -0.159. The number of hydrogen-bond acceptors (Lipinski definition) is 9. The van der Waals surface area contributed by atoms with E-state index >= 15 is 0 Å². The van der Waals surface area contributed by atoms with E-state index in [2.05, 4.69) is 0 Å². The quantitative estimate of drug-likeness (QED) is 0.134. The van der Waals surface area contributed by atoms with Crippen LogP contribution in [-0.2, 0) is 41.6 Å². The highest BCUT2D eigenvalue weighted by molar-refractivity contribution is 7.99. The van der Waals surface area contributed by atoms with Crippen molar-refractivity contribution in [1.82, 2.24) is 0 Å². The Morgan fingerprint density at radius 2 is 1.90 bits per heavy atom. The highest BCUT2D eigenvalue weighted by atomic mass is 32.2. The highest BCUT2D eigenvalue weighted by Gasteiger charge is 2.39. The summed E-state index contributed by atoms with van der Waals surface area (Å²) < 4.78 is 15.6. The number of aliphatic hydroxyl groups is 2. The average molecular weight is 593 g/mol. The molecule has 230 valence electrons. The molecule has 0 bridgehead atoms. The van der Waals surface area contributed by atoms with Gasteiger partial charge in [0.15, 0.2) is 0 Å². The molecule has 0 aliphatic heterocycles. The molecule has 1 saturated carbocycles. The van der Waals surface area contributed by atoms with Crippen molar-refractivity contribution >= 4 is 29.5 Å². The third kappa shape index (κ3) is 12.7. The number of carbonyl (C=O) groups excluding carboxylic acids is 3. The predicted octanol–water partition coefficient (Wildman–Crippen LogP) is 4.67. The van der Waals surface area contributed by atoms with Gasteiger partial charge in [0.2, 0.25) is 0 Å². The third-order valence-electron chi connectivity index (χ3n) is 7.29. The van der Waals surface area contributed by atoms with Gasteiger partial charge in [-0.05, 0) is 55.7 Å². The van der Waals surface area contributed by atoms with Crippen molar-refractivity contribution in [3.05, 3.63) is 47.5 Å². The van der Waals surface area contributed by atoms with Crippen LogP contribution in [0.1, 0.15) is 70.4 Å². The molecule has 4 atom stereocenters. The zero-order valence-corrected chi connectivity index (χ0v) is 25.8. The molecule has 1 aliphatic carbocycles. The Labute approximate surface area is 249 Å². The topological polar surface area (TPSA) is 119 Å². The van der Waals surface area contributed by atoms with Crippen LogP contribution in [0.15, 0.2) is 36.4 Å². The minimum Gasteiger partial charge on any atom is -0.462 e. The second kappa shape index (κ2) is 18.4. The Bertz CT molecular complexity index is 992. The number of hydrogen-bond donors (Lipinski definition) is 2. The van der Waals surface area contributed by atoms with Gasteiger partial charge >= 0.3 is 11.9 Å². The van der Waals surface area contributed by atoms with E-state index in [4.69, 9.17) is 14.2 Å². The molecule has 0 saturated heterocycles. The molecular formula is C32H48O8S. The fourth-order valence-corrected chi connectivity index (χ4v) is 6.06. The van der Waals surface area contributed by atoms with Gasteiger partial charge in [-0.3, -0.25) is 14.4 Å². The second-order valence-electron chi connectivity index (χ2n) is 11.3. The lowest BCUT2D eigenvalue weighted by atomic mass is 9.88. The lowest BCUT2D eigenvalue weighted by Crippen LogP contribution is -2.27. The Kier molecular flexibility index (Phi) is 15.7. The minimum absolute atomic E-state index is 0.0514. The summed E-state index contributed by atoms with van der Waals surface area (Å²) in [5.74, 6) is 0.351. The van der Waals surface area contributed by atoms with Crippen molar-refractivity contribution in [3.8, 4) is 0 Å². The number of aliphatic hydroxyl groups excluding tert-OH is 2. The summed E-state index contributed by atoms with van der Waals surface area (Å²) >= 11 is 1.66. The first-order chi connectivity index (χ1) is 19.6. The molecule has 1 aromatic carbocycles. The van der Waals surface area contributed by atoms with Gasteiger partial charge in [0.25, 0.3) is 0 Å². The van der Waals surface area contributed by atoms with Gasteiger partial charge < -0.3 is 24.4 Å². The number of methoxy groups -OCH3 is 1. The van der Waals surface area contributed by atoms with E-state index in [1.54, 1.807) is 31.0 Å². The predicted molar refractivity (Wildman–Crippen MR) is 160 cm³/mol. The van der Waals surface area contributed by atoms with Crippen molar-refractivity contribution in [1.29, 1.82) is 0 Å². The van der Waals surface area contributed by atoms with Gasteiger partial charge in [-0.1, -0.05) is 49.8 Å². The fraction of sp³-hybridized carbons (Fsp3) is 0.656. The normalized spacial score (nSPS) is 20.0. The number of ketones is 1. The van der Waals surface area contributed by atoms with Gasteiger partial charge in [0.05, 0.1) is 24.2 Å². The molecule has 0 heterocycles. The standard InChI is InChI=1S/C32H48O8S/c1-5-14-32(2,3)31(37)40-16-15-39-30(36)10-7-17-41-18-13-27-26(28(34)21-29(27)35)12-11-25(33)20-23-8-6-9-24(19-23)22-38-4/h6,8-9,11-12,19,25-28,33-34H,5,7,10,13-18,20-22H2,1-4H3. The molecular weight excluding hydrogens is 544 g/mol. The molecule has 4 unspecified atom stereocenters. The zero-order chi connectivity index (χ0) is 30.3. The van der Waals surface area contributed by atoms with Gasteiger partial charge in [0.1, 0.15) is 19.0 Å². The summed E-state index contributed by atoms with van der Waals surface area (Å²) in [4.78, 5) is 36.6. The Hall–Kier alpha value is -2.20. The van der Waals surface area contributed by atoms with Crippen molar-refractivity contribution < 1.29 is 38.8 Å². The van der Waals surface area contributed by atoms with Crippen molar-refractivity contribution in [2.45, 2.75) is 84.5 Å². The molecule has 0 aromatic heterocycles. The summed E-state index contributed by atoms with van der Waals surface area (Å²) in [6.07, 6.45) is 5.80. The number of Topliss-reactive ketones (excluding diaryl/α,β-unsaturated/α-hetero) is 1. The van der Waals surface area contributed by atoms with Crippen LogP contribution in [0.25, 0.3) is 0 Å². The summed E-state index contributed by atoms with van der Waals surface area (Å²) in [7, 11) is 1.64. The molecule has 8 nitrogen and oxygen atoms in total. The van der Waals surface area contributed by atoms with Gasteiger partial charge in [-0.2, -0.15) is 11.8 Å². The first kappa shape index (κ1) is 35.0. The van der Waals surface area contributed by atoms with Crippen LogP contribution in [-0.4, -0.2) is 72.0 Å². The Morgan fingerprint density at radius 3 is 2.63 bits per heavy atom. The molecule has 9 heteroatoms. The van der Waals surface area contributed by atoms with E-state index in [1.807, 2.05) is 45.0 Å². The molecule has 0 spiro atoms. The molecule has 1 aliphatic rings. The average Bonchev–Trinajstić information content (AvgIpc) is 3.19. The monoisotopic (exact) mass is 592 g/mol. The summed E-state index contributed by atoms with van der Waals surface area (Å²) in [5, 5.41) is 21.0. The van der Waals surface area contributed by atoms with E-state index in [0.717, 1.165) is 35.5 Å². The first-order valence-corrected chi connectivity index (χ1v) is 15.8. The number of ether oxygens (including phenoxy) is 3. The molecule has 0 radical (unpaired) electrons. The third-order valence-corrected chi connectivity index (χ3v) is 8.39. The van der Waals surface area contributed by atoms with Crippen LogP contribution in [0, 0.1) is 17.3 Å². The summed E-state index contributed by atoms with van der Waals surface area (Å²) in [6.45, 7) is 6.33. The molecule has 0 amide bonds. The molecule has 2 N–H and O–H groups in total. The van der Waals surface area contributed by atoms with E-state index in [9.17, 15) is 24.6 Å². The van der Waals surface area contributed by atoms with Gasteiger partial charge in [0, 0.05) is 38.2 Å². The smallest absolute Gasteiger partial charge is 0.311 e. The van der Waals surface area contributed by atoms with Crippen LogP contribution in [0.3, 0.4) is 0 Å². The van der Waals surface area contributed by atoms with Crippen LogP contribution >= 0.6 is 11.8 Å². The Balaban J connectivity index is 1.65. The van der Waals surface area contributed by atoms with E-state index in [1.165, 1.54) is 0 Å². The van der Waals surface area contributed by atoms with Crippen LogP contribution < -0.4 is 0 Å². The number of rotatable bonds is 19.